The SMILES string of the molecule is S=C(NCc1ccc(Cl)c(Cl)c1)NC1CCCCC1. The van der Waals surface area contributed by atoms with Crippen LogP contribution in [0.3, 0.4) is 0 Å². The normalized spacial score (nSPS) is 16.1. The Morgan fingerprint density at radius 3 is 2.58 bits per heavy atom. The van der Waals surface area contributed by atoms with Gasteiger partial charge in [-0.2, -0.15) is 0 Å². The molecule has 0 heterocycles. The number of hydrogen-bond donors (Lipinski definition) is 2. The molecule has 0 atom stereocenters. The highest BCUT2D eigenvalue weighted by Crippen LogP contribution is 2.22. The molecule has 2 N–H and O–H groups in total. The van der Waals surface area contributed by atoms with Gasteiger partial charge in [0.05, 0.1) is 10.0 Å². The molecule has 19 heavy (non-hydrogen) atoms. The van der Waals surface area contributed by atoms with Crippen LogP contribution in [0.2, 0.25) is 10.0 Å². The maximum Gasteiger partial charge on any atom is 0.166 e. The summed E-state index contributed by atoms with van der Waals surface area (Å²) in [6.07, 6.45) is 6.38. The molecule has 104 valence electrons. The van der Waals surface area contributed by atoms with Crippen LogP contribution < -0.4 is 10.6 Å². The predicted molar refractivity (Wildman–Crippen MR) is 85.9 cm³/mol. The lowest BCUT2D eigenvalue weighted by Gasteiger charge is -2.24. The minimum absolute atomic E-state index is 0.530. The average Bonchev–Trinajstić information content (AvgIpc) is 2.41. The van der Waals surface area contributed by atoms with Gasteiger partial charge >= 0.3 is 0 Å². The van der Waals surface area contributed by atoms with Gasteiger partial charge in [0.25, 0.3) is 0 Å². The van der Waals surface area contributed by atoms with Crippen LogP contribution in [0, 0.1) is 0 Å². The third-order valence-electron chi connectivity index (χ3n) is 3.38. The van der Waals surface area contributed by atoms with Crippen LogP contribution in [0.1, 0.15) is 37.7 Å². The van der Waals surface area contributed by atoms with E-state index in [0.29, 0.717) is 22.6 Å². The number of hydrogen-bond acceptors (Lipinski definition) is 1. The van der Waals surface area contributed by atoms with Gasteiger partial charge in [-0.25, -0.2) is 0 Å². The summed E-state index contributed by atoms with van der Waals surface area (Å²) in [4.78, 5) is 0. The molecule has 0 bridgehead atoms. The zero-order valence-corrected chi connectivity index (χ0v) is 13.0. The number of benzene rings is 1. The molecule has 5 heteroatoms. The average molecular weight is 317 g/mol. The summed E-state index contributed by atoms with van der Waals surface area (Å²) in [6.45, 7) is 0.662. The van der Waals surface area contributed by atoms with E-state index in [1.807, 2.05) is 12.1 Å². The second kappa shape index (κ2) is 7.32. The van der Waals surface area contributed by atoms with Crippen LogP contribution in [0.4, 0.5) is 0 Å². The second-order valence-corrected chi connectivity index (χ2v) is 6.13. The van der Waals surface area contributed by atoms with E-state index in [4.69, 9.17) is 35.4 Å². The van der Waals surface area contributed by atoms with Crippen molar-refractivity contribution in [3.63, 3.8) is 0 Å². The van der Waals surface area contributed by atoms with E-state index in [2.05, 4.69) is 10.6 Å². The van der Waals surface area contributed by atoms with E-state index in [1.165, 1.54) is 32.1 Å². The third-order valence-corrected chi connectivity index (χ3v) is 4.38. The van der Waals surface area contributed by atoms with E-state index >= 15 is 0 Å². The van der Waals surface area contributed by atoms with Crippen LogP contribution in [0.5, 0.6) is 0 Å². The first-order chi connectivity index (χ1) is 9.15. The molecule has 0 amide bonds. The van der Waals surface area contributed by atoms with Gasteiger partial charge in [-0.15, -0.1) is 0 Å². The van der Waals surface area contributed by atoms with Gasteiger partial charge in [-0.3, -0.25) is 0 Å². The lowest BCUT2D eigenvalue weighted by Crippen LogP contribution is -2.42. The van der Waals surface area contributed by atoms with Gasteiger partial charge in [-0.05, 0) is 42.8 Å². The van der Waals surface area contributed by atoms with E-state index in [1.54, 1.807) is 6.07 Å². The second-order valence-electron chi connectivity index (χ2n) is 4.91. The molecule has 1 saturated carbocycles. The van der Waals surface area contributed by atoms with E-state index in [0.717, 1.165) is 10.7 Å². The molecule has 0 unspecified atom stereocenters. The largest absolute Gasteiger partial charge is 0.360 e. The highest BCUT2D eigenvalue weighted by Gasteiger charge is 2.13. The monoisotopic (exact) mass is 316 g/mol. The number of nitrogens with one attached hydrogen (secondary N) is 2. The van der Waals surface area contributed by atoms with Crippen LogP contribution in [0.15, 0.2) is 18.2 Å². The lowest BCUT2D eigenvalue weighted by atomic mass is 9.96. The van der Waals surface area contributed by atoms with Crippen molar-refractivity contribution in [3.8, 4) is 0 Å². The van der Waals surface area contributed by atoms with Crippen molar-refractivity contribution < 1.29 is 0 Å². The van der Waals surface area contributed by atoms with Crippen molar-refractivity contribution in [2.24, 2.45) is 0 Å². The number of rotatable bonds is 3. The summed E-state index contributed by atoms with van der Waals surface area (Å²) >= 11 is 17.2. The fourth-order valence-electron chi connectivity index (χ4n) is 2.32. The van der Waals surface area contributed by atoms with Gasteiger partial charge in [0, 0.05) is 12.6 Å². The predicted octanol–water partition coefficient (Wildman–Crippen LogP) is 4.29. The van der Waals surface area contributed by atoms with Gasteiger partial charge < -0.3 is 10.6 Å². The Labute approximate surface area is 129 Å². The van der Waals surface area contributed by atoms with E-state index < -0.39 is 0 Å². The Bertz CT molecular complexity index is 445. The highest BCUT2D eigenvalue weighted by atomic mass is 35.5. The molecule has 0 spiro atoms. The van der Waals surface area contributed by atoms with Crippen molar-refractivity contribution in [1.29, 1.82) is 0 Å². The highest BCUT2D eigenvalue weighted by molar-refractivity contribution is 7.80. The summed E-state index contributed by atoms with van der Waals surface area (Å²) in [5.74, 6) is 0. The molecule has 1 aromatic rings. The smallest absolute Gasteiger partial charge is 0.166 e. The van der Waals surface area contributed by atoms with Crippen LogP contribution in [-0.2, 0) is 6.54 Å². The maximum absolute atomic E-state index is 5.98. The van der Waals surface area contributed by atoms with Gasteiger partial charge in [0.2, 0.25) is 0 Å². The topological polar surface area (TPSA) is 24.1 Å². The van der Waals surface area contributed by atoms with Crippen molar-refractivity contribution >= 4 is 40.5 Å². The first kappa shape index (κ1) is 14.9. The molecule has 1 aliphatic carbocycles. The van der Waals surface area contributed by atoms with Crippen LogP contribution in [-0.4, -0.2) is 11.2 Å². The van der Waals surface area contributed by atoms with E-state index in [-0.39, 0.29) is 0 Å². The van der Waals surface area contributed by atoms with Gasteiger partial charge in [0.15, 0.2) is 5.11 Å². The minimum Gasteiger partial charge on any atom is -0.360 e. The number of thiocarbonyl (C=S) groups is 1. The summed E-state index contributed by atoms with van der Waals surface area (Å²) in [5.41, 5.74) is 1.07. The van der Waals surface area contributed by atoms with Crippen LogP contribution >= 0.6 is 35.4 Å². The molecule has 1 aliphatic rings. The van der Waals surface area contributed by atoms with Gasteiger partial charge in [0.1, 0.15) is 0 Å². The van der Waals surface area contributed by atoms with Crippen molar-refractivity contribution in [1.82, 2.24) is 10.6 Å². The Morgan fingerprint density at radius 1 is 1.16 bits per heavy atom. The summed E-state index contributed by atoms with van der Waals surface area (Å²) in [6, 6.07) is 6.14. The third kappa shape index (κ3) is 4.83. The van der Waals surface area contributed by atoms with E-state index in [9.17, 15) is 0 Å². The molecular formula is C14H18Cl2N2S. The summed E-state index contributed by atoms with van der Waals surface area (Å²) in [7, 11) is 0. The Hall–Kier alpha value is -0.510. The molecule has 1 fully saturated rings. The van der Waals surface area contributed by atoms with Crippen molar-refractivity contribution in [2.45, 2.75) is 44.7 Å². The molecule has 1 aromatic carbocycles. The summed E-state index contributed by atoms with van der Waals surface area (Å²) < 4.78 is 0. The fraction of sp³-hybridized carbons (Fsp3) is 0.500. The quantitative estimate of drug-likeness (QED) is 0.813. The Morgan fingerprint density at radius 2 is 1.89 bits per heavy atom. The first-order valence-corrected chi connectivity index (χ1v) is 7.80. The molecule has 2 rings (SSSR count). The molecular weight excluding hydrogens is 299 g/mol. The molecule has 0 saturated heterocycles. The Balaban J connectivity index is 1.77. The standard InChI is InChI=1S/C14H18Cl2N2S/c15-12-7-6-10(8-13(12)16)9-17-14(19)18-11-4-2-1-3-5-11/h6-8,11H,1-5,9H2,(H2,17,18,19). The molecule has 2 nitrogen and oxygen atoms in total. The molecule has 0 aliphatic heterocycles. The lowest BCUT2D eigenvalue weighted by molar-refractivity contribution is 0.412. The number of halogens is 2. The zero-order valence-electron chi connectivity index (χ0n) is 10.7. The maximum atomic E-state index is 5.98. The van der Waals surface area contributed by atoms with Crippen LogP contribution in [0.25, 0.3) is 0 Å². The van der Waals surface area contributed by atoms with Crippen molar-refractivity contribution in [2.75, 3.05) is 0 Å². The molecule has 0 radical (unpaired) electrons. The Kier molecular flexibility index (Phi) is 5.74. The summed E-state index contributed by atoms with van der Waals surface area (Å²) in [5, 5.41) is 8.46. The molecule has 0 aromatic heterocycles. The minimum atomic E-state index is 0.530. The van der Waals surface area contributed by atoms with Crippen molar-refractivity contribution in [3.05, 3.63) is 33.8 Å². The van der Waals surface area contributed by atoms with Gasteiger partial charge in [-0.1, -0.05) is 48.5 Å². The fourth-order valence-corrected chi connectivity index (χ4v) is 2.87. The zero-order chi connectivity index (χ0) is 13.7. The first-order valence-electron chi connectivity index (χ1n) is 6.63.